The van der Waals surface area contributed by atoms with Crippen molar-refractivity contribution in [1.29, 1.82) is 0 Å². The minimum absolute atomic E-state index is 0.885. The molecule has 0 saturated carbocycles. The average Bonchev–Trinajstić information content (AvgIpc) is 2.38. The van der Waals surface area contributed by atoms with Crippen molar-refractivity contribution in [2.24, 2.45) is 17.8 Å². The fourth-order valence-corrected chi connectivity index (χ4v) is 3.41. The van der Waals surface area contributed by atoms with Crippen molar-refractivity contribution in [2.45, 2.75) is 46.5 Å². The van der Waals surface area contributed by atoms with E-state index in [1.807, 2.05) is 0 Å². The van der Waals surface area contributed by atoms with Gasteiger partial charge in [-0.15, -0.1) is 0 Å². The molecule has 106 valence electrons. The SMILES string of the molecule is CC1CCN(CCN2CCC(C(C)C)CC2)CC1. The third-order valence-electron chi connectivity index (χ3n) is 5.18. The smallest absolute Gasteiger partial charge is 0.0109 e. The lowest BCUT2D eigenvalue weighted by molar-refractivity contribution is 0.124. The van der Waals surface area contributed by atoms with Crippen LogP contribution in [0.3, 0.4) is 0 Å². The van der Waals surface area contributed by atoms with Crippen molar-refractivity contribution < 1.29 is 0 Å². The molecule has 0 bridgehead atoms. The van der Waals surface area contributed by atoms with E-state index in [9.17, 15) is 0 Å². The third-order valence-corrected chi connectivity index (χ3v) is 5.18. The Balaban J connectivity index is 1.60. The summed E-state index contributed by atoms with van der Waals surface area (Å²) in [7, 11) is 0. The van der Waals surface area contributed by atoms with Crippen LogP contribution in [0.25, 0.3) is 0 Å². The summed E-state index contributed by atoms with van der Waals surface area (Å²) in [5.41, 5.74) is 0. The lowest BCUT2D eigenvalue weighted by atomic mass is 9.87. The van der Waals surface area contributed by atoms with E-state index in [1.165, 1.54) is 65.0 Å². The van der Waals surface area contributed by atoms with Crippen LogP contribution in [0.2, 0.25) is 0 Å². The predicted molar refractivity (Wildman–Crippen MR) is 78.8 cm³/mol. The summed E-state index contributed by atoms with van der Waals surface area (Å²) in [6.07, 6.45) is 5.67. The molecule has 0 amide bonds. The summed E-state index contributed by atoms with van der Waals surface area (Å²) in [4.78, 5) is 5.37. The molecule has 0 aromatic heterocycles. The second-order valence-electron chi connectivity index (χ2n) is 6.95. The summed E-state index contributed by atoms with van der Waals surface area (Å²) in [6.45, 7) is 15.1. The zero-order chi connectivity index (χ0) is 13.0. The first-order valence-electron chi connectivity index (χ1n) is 8.10. The van der Waals surface area contributed by atoms with Crippen molar-refractivity contribution in [3.63, 3.8) is 0 Å². The Hall–Kier alpha value is -0.0800. The lowest BCUT2D eigenvalue weighted by Gasteiger charge is -2.36. The van der Waals surface area contributed by atoms with Gasteiger partial charge in [-0.1, -0.05) is 20.8 Å². The molecule has 0 radical (unpaired) electrons. The standard InChI is InChI=1S/C16H32N2/c1-14(2)16-6-10-18(11-7-16)13-12-17-8-4-15(3)5-9-17/h14-16H,4-13H2,1-3H3. The van der Waals surface area contributed by atoms with Gasteiger partial charge in [-0.2, -0.15) is 0 Å². The van der Waals surface area contributed by atoms with E-state index in [0.29, 0.717) is 0 Å². The van der Waals surface area contributed by atoms with Gasteiger partial charge in [-0.05, 0) is 69.6 Å². The highest BCUT2D eigenvalue weighted by Gasteiger charge is 2.22. The molecule has 0 N–H and O–H groups in total. The molecule has 0 atom stereocenters. The van der Waals surface area contributed by atoms with E-state index in [2.05, 4.69) is 30.6 Å². The molecule has 2 saturated heterocycles. The van der Waals surface area contributed by atoms with E-state index < -0.39 is 0 Å². The quantitative estimate of drug-likeness (QED) is 0.758. The summed E-state index contributed by atoms with van der Waals surface area (Å²) >= 11 is 0. The molecule has 0 aromatic rings. The first kappa shape index (κ1) is 14.3. The zero-order valence-electron chi connectivity index (χ0n) is 12.7. The Morgan fingerprint density at radius 2 is 1.28 bits per heavy atom. The van der Waals surface area contributed by atoms with Gasteiger partial charge in [0.1, 0.15) is 0 Å². The molecule has 2 heterocycles. The number of likely N-dealkylation sites (tertiary alicyclic amines) is 2. The molecule has 18 heavy (non-hydrogen) atoms. The van der Waals surface area contributed by atoms with Crippen LogP contribution in [0.1, 0.15) is 46.5 Å². The minimum atomic E-state index is 0.885. The van der Waals surface area contributed by atoms with Gasteiger partial charge in [0.2, 0.25) is 0 Å². The van der Waals surface area contributed by atoms with E-state index in [1.54, 1.807) is 0 Å². The monoisotopic (exact) mass is 252 g/mol. The molecule has 2 aliphatic rings. The highest BCUT2D eigenvalue weighted by molar-refractivity contribution is 4.76. The van der Waals surface area contributed by atoms with Crippen LogP contribution in [0.5, 0.6) is 0 Å². The predicted octanol–water partition coefficient (Wildman–Crippen LogP) is 3.09. The molecular weight excluding hydrogens is 220 g/mol. The fourth-order valence-electron chi connectivity index (χ4n) is 3.41. The molecule has 0 aromatic carbocycles. The average molecular weight is 252 g/mol. The molecule has 0 unspecified atom stereocenters. The van der Waals surface area contributed by atoms with E-state index >= 15 is 0 Å². The van der Waals surface area contributed by atoms with Gasteiger partial charge >= 0.3 is 0 Å². The van der Waals surface area contributed by atoms with Gasteiger partial charge in [0, 0.05) is 13.1 Å². The number of hydrogen-bond acceptors (Lipinski definition) is 2. The summed E-state index contributed by atoms with van der Waals surface area (Å²) < 4.78 is 0. The second kappa shape index (κ2) is 6.91. The first-order valence-corrected chi connectivity index (χ1v) is 8.10. The van der Waals surface area contributed by atoms with Crippen molar-refractivity contribution in [2.75, 3.05) is 39.3 Å². The van der Waals surface area contributed by atoms with Crippen molar-refractivity contribution in [3.8, 4) is 0 Å². The fraction of sp³-hybridized carbons (Fsp3) is 1.00. The van der Waals surface area contributed by atoms with Gasteiger partial charge < -0.3 is 9.80 Å². The Morgan fingerprint density at radius 3 is 1.72 bits per heavy atom. The third kappa shape index (κ3) is 4.24. The Kier molecular flexibility index (Phi) is 5.50. The molecule has 2 rings (SSSR count). The molecule has 2 nitrogen and oxygen atoms in total. The van der Waals surface area contributed by atoms with Gasteiger partial charge in [0.25, 0.3) is 0 Å². The van der Waals surface area contributed by atoms with Crippen LogP contribution in [0.4, 0.5) is 0 Å². The first-order chi connectivity index (χ1) is 8.65. The van der Waals surface area contributed by atoms with Gasteiger partial charge in [-0.3, -0.25) is 0 Å². The van der Waals surface area contributed by atoms with Gasteiger partial charge in [0.05, 0.1) is 0 Å². The molecule has 2 heteroatoms. The highest BCUT2D eigenvalue weighted by atomic mass is 15.2. The van der Waals surface area contributed by atoms with Crippen LogP contribution < -0.4 is 0 Å². The van der Waals surface area contributed by atoms with Crippen LogP contribution in [-0.4, -0.2) is 49.1 Å². The zero-order valence-corrected chi connectivity index (χ0v) is 12.7. The minimum Gasteiger partial charge on any atom is -0.302 e. The Bertz CT molecular complexity index is 223. The highest BCUT2D eigenvalue weighted by Crippen LogP contribution is 2.24. The van der Waals surface area contributed by atoms with Crippen molar-refractivity contribution in [3.05, 3.63) is 0 Å². The maximum absolute atomic E-state index is 2.69. The Labute approximate surface area is 114 Å². The second-order valence-corrected chi connectivity index (χ2v) is 6.95. The van der Waals surface area contributed by atoms with E-state index in [-0.39, 0.29) is 0 Å². The molecule has 2 fully saturated rings. The number of nitrogens with zero attached hydrogens (tertiary/aromatic N) is 2. The molecule has 0 spiro atoms. The topological polar surface area (TPSA) is 6.48 Å². The maximum Gasteiger partial charge on any atom is 0.0109 e. The number of hydrogen-bond donors (Lipinski definition) is 0. The van der Waals surface area contributed by atoms with E-state index in [0.717, 1.165) is 17.8 Å². The number of piperidine rings is 2. The van der Waals surface area contributed by atoms with Crippen LogP contribution in [-0.2, 0) is 0 Å². The van der Waals surface area contributed by atoms with Crippen LogP contribution in [0.15, 0.2) is 0 Å². The molecule has 2 aliphatic heterocycles. The van der Waals surface area contributed by atoms with Crippen LogP contribution >= 0.6 is 0 Å². The van der Waals surface area contributed by atoms with Crippen molar-refractivity contribution >= 4 is 0 Å². The normalized spacial score (nSPS) is 26.0. The van der Waals surface area contributed by atoms with Crippen LogP contribution in [0, 0.1) is 17.8 Å². The van der Waals surface area contributed by atoms with E-state index in [4.69, 9.17) is 0 Å². The molecular formula is C16H32N2. The summed E-state index contributed by atoms with van der Waals surface area (Å²) in [6, 6.07) is 0. The summed E-state index contributed by atoms with van der Waals surface area (Å²) in [5.74, 6) is 2.83. The summed E-state index contributed by atoms with van der Waals surface area (Å²) in [5, 5.41) is 0. The Morgan fingerprint density at radius 1 is 0.833 bits per heavy atom. The lowest BCUT2D eigenvalue weighted by Crippen LogP contribution is -2.42. The maximum atomic E-state index is 2.69. The van der Waals surface area contributed by atoms with Crippen molar-refractivity contribution in [1.82, 2.24) is 9.80 Å². The molecule has 0 aliphatic carbocycles. The number of rotatable bonds is 4. The van der Waals surface area contributed by atoms with Gasteiger partial charge in [0.15, 0.2) is 0 Å². The largest absolute Gasteiger partial charge is 0.302 e. The van der Waals surface area contributed by atoms with Gasteiger partial charge in [-0.25, -0.2) is 0 Å².